The van der Waals surface area contributed by atoms with Gasteiger partial charge in [0, 0.05) is 6.04 Å². The van der Waals surface area contributed by atoms with E-state index in [2.05, 4.69) is 6.92 Å². The van der Waals surface area contributed by atoms with E-state index >= 15 is 0 Å². The van der Waals surface area contributed by atoms with Gasteiger partial charge in [0.05, 0.1) is 11.7 Å². The Morgan fingerprint density at radius 2 is 2.08 bits per heavy atom. The molecule has 0 bridgehead atoms. The molecule has 1 spiro atoms. The van der Waals surface area contributed by atoms with Crippen LogP contribution < -0.4 is 5.73 Å². The Balaban J connectivity index is 1.86. The molecule has 2 aliphatic rings. The average Bonchev–Trinajstić information content (AvgIpc) is 2.63. The molecule has 2 nitrogen and oxygen atoms in total. The first-order valence-electron chi connectivity index (χ1n) is 5.64. The molecule has 1 heterocycles. The van der Waals surface area contributed by atoms with Crippen molar-refractivity contribution in [3.8, 4) is 0 Å². The van der Waals surface area contributed by atoms with Gasteiger partial charge in [0.1, 0.15) is 0 Å². The summed E-state index contributed by atoms with van der Waals surface area (Å²) < 4.78 is 6.14. The predicted octanol–water partition coefficient (Wildman–Crippen LogP) is 2.22. The Bertz CT molecular complexity index is 173. The van der Waals surface area contributed by atoms with Gasteiger partial charge in [0.2, 0.25) is 0 Å². The fraction of sp³-hybridized carbons (Fsp3) is 1.00. The Morgan fingerprint density at radius 3 is 2.69 bits per heavy atom. The van der Waals surface area contributed by atoms with Gasteiger partial charge in [-0.1, -0.05) is 12.8 Å². The SMILES string of the molecule is CC(N)CC1CCC2(CCCC2)O1. The van der Waals surface area contributed by atoms with Crippen LogP contribution in [0.5, 0.6) is 0 Å². The molecule has 2 rings (SSSR count). The molecule has 0 radical (unpaired) electrons. The number of hydrogen-bond donors (Lipinski definition) is 1. The molecular formula is C11H21NO. The molecule has 0 aromatic carbocycles. The van der Waals surface area contributed by atoms with E-state index in [9.17, 15) is 0 Å². The van der Waals surface area contributed by atoms with Crippen LogP contribution in [0.15, 0.2) is 0 Å². The van der Waals surface area contributed by atoms with Crippen LogP contribution in [-0.4, -0.2) is 17.7 Å². The maximum atomic E-state index is 6.14. The predicted molar refractivity (Wildman–Crippen MR) is 53.6 cm³/mol. The standard InChI is InChI=1S/C11H21NO/c1-9(12)8-10-4-7-11(13-10)5-2-3-6-11/h9-10H,2-8,12H2,1H3. The minimum absolute atomic E-state index is 0.291. The molecule has 1 aliphatic carbocycles. The smallest absolute Gasteiger partial charge is 0.0687 e. The van der Waals surface area contributed by atoms with Crippen molar-refractivity contribution in [2.75, 3.05) is 0 Å². The lowest BCUT2D eigenvalue weighted by Crippen LogP contribution is -2.28. The van der Waals surface area contributed by atoms with E-state index in [1.54, 1.807) is 0 Å². The largest absolute Gasteiger partial charge is 0.372 e. The third-order valence-corrected chi connectivity index (χ3v) is 3.49. The van der Waals surface area contributed by atoms with E-state index in [1.807, 2.05) is 0 Å². The van der Waals surface area contributed by atoms with Crippen LogP contribution in [0.2, 0.25) is 0 Å². The fourth-order valence-electron chi connectivity index (χ4n) is 2.86. The van der Waals surface area contributed by atoms with Crippen LogP contribution in [0.3, 0.4) is 0 Å². The van der Waals surface area contributed by atoms with Crippen LogP contribution in [0, 0.1) is 0 Å². The summed E-state index contributed by atoms with van der Waals surface area (Å²) in [7, 11) is 0. The minimum Gasteiger partial charge on any atom is -0.372 e. The van der Waals surface area contributed by atoms with E-state index in [-0.39, 0.29) is 0 Å². The zero-order valence-electron chi connectivity index (χ0n) is 8.59. The lowest BCUT2D eigenvalue weighted by atomic mass is 9.98. The molecule has 1 saturated carbocycles. The number of rotatable bonds is 2. The van der Waals surface area contributed by atoms with Gasteiger partial charge in [0.25, 0.3) is 0 Å². The summed E-state index contributed by atoms with van der Waals surface area (Å²) in [5.74, 6) is 0. The summed E-state index contributed by atoms with van der Waals surface area (Å²) in [6.07, 6.45) is 9.34. The van der Waals surface area contributed by atoms with Crippen molar-refractivity contribution in [1.29, 1.82) is 0 Å². The van der Waals surface area contributed by atoms with Gasteiger partial charge in [-0.05, 0) is 39.0 Å². The molecular weight excluding hydrogens is 162 g/mol. The molecule has 1 saturated heterocycles. The normalized spacial score (nSPS) is 34.2. The third kappa shape index (κ3) is 2.05. The zero-order chi connectivity index (χ0) is 9.31. The summed E-state index contributed by atoms with van der Waals surface area (Å²) >= 11 is 0. The van der Waals surface area contributed by atoms with Gasteiger partial charge in [-0.3, -0.25) is 0 Å². The van der Waals surface area contributed by atoms with Crippen molar-refractivity contribution in [2.45, 2.75) is 69.6 Å². The molecule has 76 valence electrons. The second-order valence-corrected chi connectivity index (χ2v) is 4.88. The molecule has 0 amide bonds. The highest BCUT2D eigenvalue weighted by Crippen LogP contribution is 2.43. The Hall–Kier alpha value is -0.0800. The lowest BCUT2D eigenvalue weighted by Gasteiger charge is -2.24. The Kier molecular flexibility index (Phi) is 2.61. The number of nitrogens with two attached hydrogens (primary N) is 1. The molecule has 2 unspecified atom stereocenters. The fourth-order valence-corrected chi connectivity index (χ4v) is 2.86. The highest BCUT2D eigenvalue weighted by Gasteiger charge is 2.41. The summed E-state index contributed by atoms with van der Waals surface area (Å²) in [6, 6.07) is 0.293. The summed E-state index contributed by atoms with van der Waals surface area (Å²) in [5.41, 5.74) is 6.07. The van der Waals surface area contributed by atoms with E-state index < -0.39 is 0 Å². The van der Waals surface area contributed by atoms with Crippen LogP contribution >= 0.6 is 0 Å². The van der Waals surface area contributed by atoms with Crippen molar-refractivity contribution < 1.29 is 4.74 Å². The Morgan fingerprint density at radius 1 is 1.38 bits per heavy atom. The zero-order valence-corrected chi connectivity index (χ0v) is 8.59. The van der Waals surface area contributed by atoms with Gasteiger partial charge in [-0.15, -0.1) is 0 Å². The number of hydrogen-bond acceptors (Lipinski definition) is 2. The van der Waals surface area contributed by atoms with Gasteiger partial charge in [-0.2, -0.15) is 0 Å². The highest BCUT2D eigenvalue weighted by atomic mass is 16.5. The highest BCUT2D eigenvalue weighted by molar-refractivity contribution is 4.93. The molecule has 1 aliphatic heterocycles. The summed E-state index contributed by atoms with van der Waals surface area (Å²) in [5, 5.41) is 0. The van der Waals surface area contributed by atoms with E-state index in [0.29, 0.717) is 17.7 Å². The summed E-state index contributed by atoms with van der Waals surface area (Å²) in [6.45, 7) is 2.07. The molecule has 13 heavy (non-hydrogen) atoms. The molecule has 0 aromatic heterocycles. The third-order valence-electron chi connectivity index (χ3n) is 3.49. The van der Waals surface area contributed by atoms with Crippen molar-refractivity contribution in [3.63, 3.8) is 0 Å². The second kappa shape index (κ2) is 3.58. The first kappa shape index (κ1) is 9.47. The lowest BCUT2D eigenvalue weighted by molar-refractivity contribution is -0.0403. The molecule has 2 atom stereocenters. The molecule has 2 N–H and O–H groups in total. The number of ether oxygens (including phenoxy) is 1. The quantitative estimate of drug-likeness (QED) is 0.712. The summed E-state index contributed by atoms with van der Waals surface area (Å²) in [4.78, 5) is 0. The first-order valence-corrected chi connectivity index (χ1v) is 5.64. The van der Waals surface area contributed by atoms with E-state index in [4.69, 9.17) is 10.5 Å². The van der Waals surface area contributed by atoms with Crippen LogP contribution in [0.4, 0.5) is 0 Å². The van der Waals surface area contributed by atoms with Gasteiger partial charge < -0.3 is 10.5 Å². The van der Waals surface area contributed by atoms with Gasteiger partial charge in [0.15, 0.2) is 0 Å². The van der Waals surface area contributed by atoms with Crippen molar-refractivity contribution in [3.05, 3.63) is 0 Å². The van der Waals surface area contributed by atoms with E-state index in [1.165, 1.54) is 38.5 Å². The van der Waals surface area contributed by atoms with Gasteiger partial charge >= 0.3 is 0 Å². The van der Waals surface area contributed by atoms with Crippen molar-refractivity contribution in [1.82, 2.24) is 0 Å². The first-order chi connectivity index (χ1) is 6.20. The Labute approximate surface area is 80.8 Å². The van der Waals surface area contributed by atoms with Crippen LogP contribution in [0.1, 0.15) is 51.9 Å². The maximum absolute atomic E-state index is 6.14. The van der Waals surface area contributed by atoms with Crippen molar-refractivity contribution >= 4 is 0 Å². The second-order valence-electron chi connectivity index (χ2n) is 4.88. The average molecular weight is 183 g/mol. The van der Waals surface area contributed by atoms with Gasteiger partial charge in [-0.25, -0.2) is 0 Å². The molecule has 2 heteroatoms. The molecule has 2 fully saturated rings. The minimum atomic E-state index is 0.291. The maximum Gasteiger partial charge on any atom is 0.0687 e. The topological polar surface area (TPSA) is 35.2 Å². The van der Waals surface area contributed by atoms with E-state index in [0.717, 1.165) is 6.42 Å². The van der Waals surface area contributed by atoms with Crippen LogP contribution in [0.25, 0.3) is 0 Å². The van der Waals surface area contributed by atoms with Crippen LogP contribution in [-0.2, 0) is 4.74 Å². The van der Waals surface area contributed by atoms with Crippen molar-refractivity contribution in [2.24, 2.45) is 5.73 Å². The monoisotopic (exact) mass is 183 g/mol. The molecule has 0 aromatic rings.